The second kappa shape index (κ2) is 3.23. The second-order valence-corrected chi connectivity index (χ2v) is 4.79. The minimum absolute atomic E-state index is 0.0313. The van der Waals surface area contributed by atoms with Crippen LogP contribution < -0.4 is 0 Å². The SMILES string of the molecule is CCC1(C)C(=O)OC2CC(O)CCC21. The molecule has 0 bridgehead atoms. The molecule has 2 rings (SSSR count). The van der Waals surface area contributed by atoms with Crippen LogP contribution in [0.4, 0.5) is 0 Å². The largest absolute Gasteiger partial charge is 0.462 e. The fraction of sp³-hybridized carbons (Fsp3) is 0.909. The van der Waals surface area contributed by atoms with E-state index in [1.165, 1.54) is 0 Å². The van der Waals surface area contributed by atoms with Gasteiger partial charge in [-0.2, -0.15) is 0 Å². The van der Waals surface area contributed by atoms with E-state index in [1.807, 2.05) is 13.8 Å². The smallest absolute Gasteiger partial charge is 0.312 e. The molecule has 80 valence electrons. The number of fused-ring (bicyclic) bond motifs is 1. The van der Waals surface area contributed by atoms with Crippen molar-refractivity contribution in [3.8, 4) is 0 Å². The van der Waals surface area contributed by atoms with Crippen LogP contribution in [0.15, 0.2) is 0 Å². The normalized spacial score (nSPS) is 47.4. The van der Waals surface area contributed by atoms with Crippen LogP contribution in [0.25, 0.3) is 0 Å². The van der Waals surface area contributed by atoms with Gasteiger partial charge in [0.25, 0.3) is 0 Å². The molecule has 14 heavy (non-hydrogen) atoms. The van der Waals surface area contributed by atoms with Crippen LogP contribution in [0.5, 0.6) is 0 Å². The molecule has 0 aromatic carbocycles. The predicted octanol–water partition coefficient (Wildman–Crippen LogP) is 1.49. The van der Waals surface area contributed by atoms with Crippen LogP contribution in [0, 0.1) is 11.3 Å². The molecule has 4 unspecified atom stereocenters. The van der Waals surface area contributed by atoms with E-state index in [-0.39, 0.29) is 23.6 Å². The van der Waals surface area contributed by atoms with Crippen molar-refractivity contribution in [3.63, 3.8) is 0 Å². The molecule has 1 aliphatic heterocycles. The molecule has 3 nitrogen and oxygen atoms in total. The lowest BCUT2D eigenvalue weighted by molar-refractivity contribution is -0.148. The molecule has 0 spiro atoms. The Morgan fingerprint density at radius 1 is 1.57 bits per heavy atom. The molecule has 1 N–H and O–H groups in total. The van der Waals surface area contributed by atoms with E-state index in [1.54, 1.807) is 0 Å². The summed E-state index contributed by atoms with van der Waals surface area (Å²) >= 11 is 0. The van der Waals surface area contributed by atoms with Gasteiger partial charge in [-0.1, -0.05) is 6.92 Å². The fourth-order valence-corrected chi connectivity index (χ4v) is 2.80. The van der Waals surface area contributed by atoms with Crippen molar-refractivity contribution in [2.45, 2.75) is 51.7 Å². The Bertz CT molecular complexity index is 251. The quantitative estimate of drug-likeness (QED) is 0.649. The van der Waals surface area contributed by atoms with E-state index in [2.05, 4.69) is 0 Å². The number of hydrogen-bond acceptors (Lipinski definition) is 3. The standard InChI is InChI=1S/C11H18O3/c1-3-11(2)8-5-4-7(12)6-9(8)14-10(11)13/h7-9,12H,3-6H2,1-2H3. The summed E-state index contributed by atoms with van der Waals surface area (Å²) in [5.41, 5.74) is -0.301. The minimum Gasteiger partial charge on any atom is -0.462 e. The van der Waals surface area contributed by atoms with Gasteiger partial charge >= 0.3 is 5.97 Å². The molecule has 4 atom stereocenters. The summed E-state index contributed by atoms with van der Waals surface area (Å²) in [6.07, 6.45) is 2.89. The Morgan fingerprint density at radius 2 is 2.29 bits per heavy atom. The summed E-state index contributed by atoms with van der Waals surface area (Å²) in [6, 6.07) is 0. The average Bonchev–Trinajstić information content (AvgIpc) is 2.39. The van der Waals surface area contributed by atoms with Crippen molar-refractivity contribution < 1.29 is 14.6 Å². The van der Waals surface area contributed by atoms with Crippen LogP contribution in [0.1, 0.15) is 39.5 Å². The molecule has 1 saturated carbocycles. The second-order valence-electron chi connectivity index (χ2n) is 4.79. The van der Waals surface area contributed by atoms with E-state index in [0.29, 0.717) is 12.3 Å². The first kappa shape index (κ1) is 9.97. The number of carbonyl (C=O) groups is 1. The van der Waals surface area contributed by atoms with Crippen LogP contribution in [0.3, 0.4) is 0 Å². The first-order valence-corrected chi connectivity index (χ1v) is 5.47. The van der Waals surface area contributed by atoms with Crippen LogP contribution in [-0.2, 0) is 9.53 Å². The molecule has 2 fully saturated rings. The molecule has 0 aromatic rings. The van der Waals surface area contributed by atoms with E-state index >= 15 is 0 Å². The molecule has 2 aliphatic rings. The number of rotatable bonds is 1. The zero-order chi connectivity index (χ0) is 10.3. The van der Waals surface area contributed by atoms with Gasteiger partial charge in [0.15, 0.2) is 0 Å². The maximum absolute atomic E-state index is 11.7. The Balaban J connectivity index is 2.20. The highest BCUT2D eigenvalue weighted by atomic mass is 16.6. The zero-order valence-corrected chi connectivity index (χ0v) is 8.82. The van der Waals surface area contributed by atoms with Crippen LogP contribution in [0.2, 0.25) is 0 Å². The van der Waals surface area contributed by atoms with E-state index in [0.717, 1.165) is 19.3 Å². The van der Waals surface area contributed by atoms with Gasteiger partial charge in [0.2, 0.25) is 0 Å². The van der Waals surface area contributed by atoms with Gasteiger partial charge in [0.05, 0.1) is 11.5 Å². The van der Waals surface area contributed by atoms with Crippen LogP contribution >= 0.6 is 0 Å². The van der Waals surface area contributed by atoms with Crippen molar-refractivity contribution >= 4 is 5.97 Å². The highest BCUT2D eigenvalue weighted by Crippen LogP contribution is 2.48. The van der Waals surface area contributed by atoms with Crippen molar-refractivity contribution in [1.29, 1.82) is 0 Å². The molecular formula is C11H18O3. The molecule has 1 aliphatic carbocycles. The highest BCUT2D eigenvalue weighted by Gasteiger charge is 2.54. The number of carbonyl (C=O) groups excluding carboxylic acids is 1. The van der Waals surface area contributed by atoms with Gasteiger partial charge in [0, 0.05) is 12.3 Å². The van der Waals surface area contributed by atoms with E-state index in [4.69, 9.17) is 4.74 Å². The third-order valence-corrected chi connectivity index (χ3v) is 4.04. The van der Waals surface area contributed by atoms with Crippen molar-refractivity contribution in [3.05, 3.63) is 0 Å². The third kappa shape index (κ3) is 1.26. The van der Waals surface area contributed by atoms with Gasteiger partial charge in [-0.25, -0.2) is 0 Å². The molecule has 0 amide bonds. The Labute approximate surface area is 84.4 Å². The number of aliphatic hydroxyl groups excluding tert-OH is 1. The monoisotopic (exact) mass is 198 g/mol. The molecular weight excluding hydrogens is 180 g/mol. The number of esters is 1. The molecule has 1 saturated heterocycles. The maximum Gasteiger partial charge on any atom is 0.312 e. The summed E-state index contributed by atoms with van der Waals surface area (Å²) in [6.45, 7) is 4.03. The fourth-order valence-electron chi connectivity index (χ4n) is 2.80. The minimum atomic E-state index is -0.301. The van der Waals surface area contributed by atoms with Gasteiger partial charge in [0.1, 0.15) is 6.10 Å². The summed E-state index contributed by atoms with van der Waals surface area (Å²) in [5, 5.41) is 9.49. The van der Waals surface area contributed by atoms with E-state index < -0.39 is 0 Å². The molecule has 1 heterocycles. The Kier molecular flexibility index (Phi) is 2.30. The van der Waals surface area contributed by atoms with Gasteiger partial charge in [-0.05, 0) is 26.2 Å². The number of aliphatic hydroxyl groups is 1. The first-order valence-electron chi connectivity index (χ1n) is 5.47. The van der Waals surface area contributed by atoms with Gasteiger partial charge in [-0.15, -0.1) is 0 Å². The molecule has 0 aromatic heterocycles. The summed E-state index contributed by atoms with van der Waals surface area (Å²) in [7, 11) is 0. The van der Waals surface area contributed by atoms with Crippen LogP contribution in [-0.4, -0.2) is 23.3 Å². The molecule has 0 radical (unpaired) electrons. The third-order valence-electron chi connectivity index (χ3n) is 4.04. The van der Waals surface area contributed by atoms with Crippen molar-refractivity contribution in [2.75, 3.05) is 0 Å². The highest BCUT2D eigenvalue weighted by molar-refractivity contribution is 5.79. The summed E-state index contributed by atoms with van der Waals surface area (Å²) in [5.74, 6) is 0.257. The topological polar surface area (TPSA) is 46.5 Å². The lowest BCUT2D eigenvalue weighted by atomic mass is 9.69. The van der Waals surface area contributed by atoms with Gasteiger partial charge < -0.3 is 9.84 Å². The molecule has 3 heteroatoms. The summed E-state index contributed by atoms with van der Waals surface area (Å²) in [4.78, 5) is 11.7. The van der Waals surface area contributed by atoms with Crippen molar-refractivity contribution in [2.24, 2.45) is 11.3 Å². The average molecular weight is 198 g/mol. The van der Waals surface area contributed by atoms with E-state index in [9.17, 15) is 9.90 Å². The summed E-state index contributed by atoms with van der Waals surface area (Å²) < 4.78 is 5.34. The number of ether oxygens (including phenoxy) is 1. The zero-order valence-electron chi connectivity index (χ0n) is 8.82. The lowest BCUT2D eigenvalue weighted by Gasteiger charge is -2.33. The maximum atomic E-state index is 11.7. The van der Waals surface area contributed by atoms with Gasteiger partial charge in [-0.3, -0.25) is 4.79 Å². The number of hydrogen-bond donors (Lipinski definition) is 1. The van der Waals surface area contributed by atoms with Crippen molar-refractivity contribution in [1.82, 2.24) is 0 Å². The first-order chi connectivity index (χ1) is 6.58. The Hall–Kier alpha value is -0.570. The predicted molar refractivity (Wildman–Crippen MR) is 51.6 cm³/mol. The lowest BCUT2D eigenvalue weighted by Crippen LogP contribution is -2.36. The Morgan fingerprint density at radius 3 is 2.93 bits per heavy atom.